The molecule has 1 heterocycles. The van der Waals surface area contributed by atoms with Gasteiger partial charge in [0.05, 0.1) is 11.1 Å². The lowest BCUT2D eigenvalue weighted by Crippen LogP contribution is -2.28. The van der Waals surface area contributed by atoms with Crippen molar-refractivity contribution in [2.75, 3.05) is 18.6 Å². The number of carbonyl (C=O) groups excluding carboxylic acids is 1. The summed E-state index contributed by atoms with van der Waals surface area (Å²) in [6.45, 7) is 0.223. The fourth-order valence-corrected chi connectivity index (χ4v) is 2.58. The Morgan fingerprint density at radius 1 is 1.29 bits per heavy atom. The molecular formula is C13H15N3O4S. The molecule has 0 unspecified atom stereocenters. The molecule has 1 aromatic carbocycles. The zero-order chi connectivity index (χ0) is 15.5. The molecule has 0 aliphatic heterocycles. The third-order valence-electron chi connectivity index (χ3n) is 2.89. The van der Waals surface area contributed by atoms with Crippen molar-refractivity contribution in [1.29, 1.82) is 0 Å². The largest absolute Gasteiger partial charge is 0.351 e. The normalized spacial score (nSPS) is 11.5. The molecule has 0 radical (unpaired) electrons. The number of aromatic amines is 1. The van der Waals surface area contributed by atoms with E-state index < -0.39 is 15.7 Å². The SMILES string of the molecule is CS(=O)(=O)CCCNC(=O)c1n[nH]c(=O)c2ccccc12. The Morgan fingerprint density at radius 3 is 2.62 bits per heavy atom. The molecule has 0 saturated carbocycles. The van der Waals surface area contributed by atoms with Crippen molar-refractivity contribution in [2.45, 2.75) is 6.42 Å². The number of carbonyl (C=O) groups is 1. The third kappa shape index (κ3) is 3.88. The number of sulfone groups is 1. The van der Waals surface area contributed by atoms with Gasteiger partial charge in [-0.1, -0.05) is 18.2 Å². The van der Waals surface area contributed by atoms with Gasteiger partial charge in [0.15, 0.2) is 5.69 Å². The monoisotopic (exact) mass is 309 g/mol. The number of rotatable bonds is 5. The smallest absolute Gasteiger partial charge is 0.272 e. The summed E-state index contributed by atoms with van der Waals surface area (Å²) in [5, 5.41) is 9.48. The van der Waals surface area contributed by atoms with Crippen molar-refractivity contribution < 1.29 is 13.2 Å². The van der Waals surface area contributed by atoms with E-state index in [1.165, 1.54) is 0 Å². The zero-order valence-corrected chi connectivity index (χ0v) is 12.2. The van der Waals surface area contributed by atoms with Gasteiger partial charge in [-0.3, -0.25) is 9.59 Å². The van der Waals surface area contributed by atoms with E-state index in [-0.39, 0.29) is 23.6 Å². The average molecular weight is 309 g/mol. The molecule has 2 rings (SSSR count). The molecule has 0 bridgehead atoms. The number of benzene rings is 1. The highest BCUT2D eigenvalue weighted by Gasteiger charge is 2.13. The molecular weight excluding hydrogens is 294 g/mol. The number of aromatic nitrogens is 2. The topological polar surface area (TPSA) is 109 Å². The number of hydrogen-bond acceptors (Lipinski definition) is 5. The first-order chi connectivity index (χ1) is 9.88. The van der Waals surface area contributed by atoms with Gasteiger partial charge in [0.25, 0.3) is 11.5 Å². The first-order valence-electron chi connectivity index (χ1n) is 6.32. The van der Waals surface area contributed by atoms with Crippen LogP contribution in [-0.2, 0) is 9.84 Å². The van der Waals surface area contributed by atoms with Crippen LogP contribution in [0.4, 0.5) is 0 Å². The molecule has 1 amide bonds. The molecule has 2 aromatic rings. The van der Waals surface area contributed by atoms with Gasteiger partial charge in [0.1, 0.15) is 9.84 Å². The van der Waals surface area contributed by atoms with Crippen LogP contribution in [-0.4, -0.2) is 43.1 Å². The summed E-state index contributed by atoms with van der Waals surface area (Å²) in [4.78, 5) is 23.7. The number of hydrogen-bond donors (Lipinski definition) is 2. The van der Waals surface area contributed by atoms with Gasteiger partial charge in [-0.2, -0.15) is 5.10 Å². The number of amides is 1. The second-order valence-electron chi connectivity index (χ2n) is 4.69. The first-order valence-corrected chi connectivity index (χ1v) is 8.38. The van der Waals surface area contributed by atoms with Gasteiger partial charge < -0.3 is 5.32 Å². The summed E-state index contributed by atoms with van der Waals surface area (Å²) in [6.07, 6.45) is 1.47. The molecule has 0 fully saturated rings. The lowest BCUT2D eigenvalue weighted by atomic mass is 10.1. The van der Waals surface area contributed by atoms with Crippen molar-refractivity contribution in [3.05, 3.63) is 40.3 Å². The van der Waals surface area contributed by atoms with Gasteiger partial charge in [-0.25, -0.2) is 13.5 Å². The van der Waals surface area contributed by atoms with Crippen LogP contribution in [0.1, 0.15) is 16.9 Å². The highest BCUT2D eigenvalue weighted by molar-refractivity contribution is 7.90. The third-order valence-corrected chi connectivity index (χ3v) is 3.92. The molecule has 2 N–H and O–H groups in total. The predicted molar refractivity (Wildman–Crippen MR) is 79.0 cm³/mol. The maximum absolute atomic E-state index is 12.0. The van der Waals surface area contributed by atoms with E-state index in [4.69, 9.17) is 0 Å². The van der Waals surface area contributed by atoms with E-state index in [1.54, 1.807) is 24.3 Å². The Balaban J connectivity index is 2.14. The predicted octanol–water partition coefficient (Wildman–Crippen LogP) is 0.0876. The van der Waals surface area contributed by atoms with Crippen LogP contribution in [0.5, 0.6) is 0 Å². The van der Waals surface area contributed by atoms with E-state index in [0.29, 0.717) is 17.2 Å². The van der Waals surface area contributed by atoms with Crippen molar-refractivity contribution in [2.24, 2.45) is 0 Å². The summed E-state index contributed by atoms with van der Waals surface area (Å²) in [5.74, 6) is -0.441. The van der Waals surface area contributed by atoms with Crippen molar-refractivity contribution in [3.63, 3.8) is 0 Å². The van der Waals surface area contributed by atoms with Gasteiger partial charge >= 0.3 is 0 Å². The molecule has 8 heteroatoms. The highest BCUT2D eigenvalue weighted by Crippen LogP contribution is 2.11. The molecule has 0 spiro atoms. The minimum absolute atomic E-state index is 0.00702. The number of nitrogens with zero attached hydrogens (tertiary/aromatic N) is 1. The van der Waals surface area contributed by atoms with E-state index >= 15 is 0 Å². The fourth-order valence-electron chi connectivity index (χ4n) is 1.91. The zero-order valence-electron chi connectivity index (χ0n) is 11.4. The Hall–Kier alpha value is -2.22. The Kier molecular flexibility index (Phi) is 4.37. The fraction of sp³-hybridized carbons (Fsp3) is 0.308. The summed E-state index contributed by atoms with van der Waals surface area (Å²) in [5.41, 5.74) is -0.246. The molecule has 112 valence electrons. The maximum atomic E-state index is 12.0. The van der Waals surface area contributed by atoms with Crippen molar-refractivity contribution in [3.8, 4) is 0 Å². The number of nitrogens with one attached hydrogen (secondary N) is 2. The molecule has 7 nitrogen and oxygen atoms in total. The van der Waals surface area contributed by atoms with Crippen LogP contribution in [0.3, 0.4) is 0 Å². The van der Waals surface area contributed by atoms with Gasteiger partial charge in [0.2, 0.25) is 0 Å². The van der Waals surface area contributed by atoms with E-state index in [1.807, 2.05) is 0 Å². The van der Waals surface area contributed by atoms with Crippen LogP contribution < -0.4 is 10.9 Å². The standard InChI is InChI=1S/C13H15N3O4S/c1-21(19,20)8-4-7-14-13(18)11-9-5-2-3-6-10(9)12(17)16-15-11/h2-3,5-6H,4,7-8H2,1H3,(H,14,18)(H,16,17). The minimum Gasteiger partial charge on any atom is -0.351 e. The van der Waals surface area contributed by atoms with Crippen LogP contribution >= 0.6 is 0 Å². The summed E-state index contributed by atoms with van der Waals surface area (Å²) in [7, 11) is -3.04. The van der Waals surface area contributed by atoms with E-state index in [2.05, 4.69) is 15.5 Å². The first kappa shape index (κ1) is 15.2. The number of fused-ring (bicyclic) bond motifs is 1. The Labute approximate surface area is 121 Å². The molecule has 0 aliphatic carbocycles. The maximum Gasteiger partial charge on any atom is 0.272 e. The summed E-state index contributed by atoms with van der Waals surface area (Å²) in [6, 6.07) is 6.66. The van der Waals surface area contributed by atoms with Gasteiger partial charge in [-0.05, 0) is 12.5 Å². The van der Waals surface area contributed by atoms with Crippen molar-refractivity contribution in [1.82, 2.24) is 15.5 Å². The van der Waals surface area contributed by atoms with E-state index in [9.17, 15) is 18.0 Å². The second kappa shape index (κ2) is 6.04. The molecule has 0 aliphatic rings. The molecule has 21 heavy (non-hydrogen) atoms. The van der Waals surface area contributed by atoms with Crippen LogP contribution in [0.25, 0.3) is 10.8 Å². The average Bonchev–Trinajstić information content (AvgIpc) is 2.43. The highest BCUT2D eigenvalue weighted by atomic mass is 32.2. The summed E-state index contributed by atoms with van der Waals surface area (Å²) >= 11 is 0. The van der Waals surface area contributed by atoms with Crippen LogP contribution in [0.2, 0.25) is 0 Å². The van der Waals surface area contributed by atoms with Crippen LogP contribution in [0.15, 0.2) is 29.1 Å². The Bertz CT molecular complexity index is 827. The lowest BCUT2D eigenvalue weighted by Gasteiger charge is -2.06. The Morgan fingerprint density at radius 2 is 1.95 bits per heavy atom. The minimum atomic E-state index is -3.04. The van der Waals surface area contributed by atoms with Gasteiger partial charge in [-0.15, -0.1) is 0 Å². The van der Waals surface area contributed by atoms with Crippen molar-refractivity contribution >= 4 is 26.5 Å². The van der Waals surface area contributed by atoms with Gasteiger partial charge in [0, 0.05) is 18.2 Å². The lowest BCUT2D eigenvalue weighted by molar-refractivity contribution is 0.0949. The molecule has 0 saturated heterocycles. The quantitative estimate of drug-likeness (QED) is 0.761. The second-order valence-corrected chi connectivity index (χ2v) is 6.95. The number of H-pyrrole nitrogens is 1. The summed E-state index contributed by atoms with van der Waals surface area (Å²) < 4.78 is 22.0. The molecule has 1 aromatic heterocycles. The van der Waals surface area contributed by atoms with E-state index in [0.717, 1.165) is 6.26 Å². The molecule has 0 atom stereocenters. The van der Waals surface area contributed by atoms with Crippen LogP contribution in [0, 0.1) is 0 Å².